The van der Waals surface area contributed by atoms with E-state index in [1.54, 1.807) is 0 Å². The van der Waals surface area contributed by atoms with Gasteiger partial charge in [0, 0.05) is 13.1 Å². The van der Waals surface area contributed by atoms with Crippen molar-refractivity contribution in [2.75, 3.05) is 13.1 Å². The third-order valence-electron chi connectivity index (χ3n) is 4.53. The van der Waals surface area contributed by atoms with Gasteiger partial charge < -0.3 is 15.3 Å². The van der Waals surface area contributed by atoms with Crippen molar-refractivity contribution in [3.63, 3.8) is 0 Å². The predicted octanol–water partition coefficient (Wildman–Crippen LogP) is 1.74. The molecule has 24 heavy (non-hydrogen) atoms. The number of benzene rings is 1. The van der Waals surface area contributed by atoms with Crippen LogP contribution in [0.4, 0.5) is 0 Å². The number of carbonyl (C=O) groups excluding carboxylic acids is 2. The van der Waals surface area contributed by atoms with Gasteiger partial charge in [-0.25, -0.2) is 0 Å². The average molecular weight is 332 g/mol. The lowest BCUT2D eigenvalue weighted by Crippen LogP contribution is -2.43. The number of rotatable bonds is 8. The Hall–Kier alpha value is -1.88. The number of aryl methyl sites for hydroxylation is 1. The second kappa shape index (κ2) is 8.83. The first-order chi connectivity index (χ1) is 11.5. The molecule has 2 amide bonds. The number of aliphatic hydroxyl groups is 1. The van der Waals surface area contributed by atoms with Gasteiger partial charge in [-0.05, 0) is 30.7 Å². The van der Waals surface area contributed by atoms with Crippen LogP contribution >= 0.6 is 0 Å². The summed E-state index contributed by atoms with van der Waals surface area (Å²) >= 11 is 0. The molecule has 0 spiro atoms. The van der Waals surface area contributed by atoms with Gasteiger partial charge >= 0.3 is 0 Å². The summed E-state index contributed by atoms with van der Waals surface area (Å²) in [6.07, 6.45) is 1.90. The summed E-state index contributed by atoms with van der Waals surface area (Å²) in [5.41, 5.74) is 1.27. The van der Waals surface area contributed by atoms with E-state index in [1.165, 1.54) is 5.56 Å². The van der Waals surface area contributed by atoms with Crippen LogP contribution in [0.2, 0.25) is 0 Å². The van der Waals surface area contributed by atoms with Crippen LogP contribution in [0.1, 0.15) is 38.7 Å². The maximum Gasteiger partial charge on any atom is 0.245 e. The summed E-state index contributed by atoms with van der Waals surface area (Å²) in [4.78, 5) is 26.1. The maximum atomic E-state index is 12.4. The Morgan fingerprint density at radius 3 is 2.71 bits per heavy atom. The van der Waals surface area contributed by atoms with E-state index in [-0.39, 0.29) is 24.2 Å². The van der Waals surface area contributed by atoms with E-state index in [4.69, 9.17) is 0 Å². The van der Waals surface area contributed by atoms with Crippen LogP contribution in [-0.4, -0.2) is 47.1 Å². The molecule has 0 saturated carbocycles. The highest BCUT2D eigenvalue weighted by atomic mass is 16.3. The van der Waals surface area contributed by atoms with E-state index in [0.717, 1.165) is 12.8 Å². The predicted molar refractivity (Wildman–Crippen MR) is 93.4 cm³/mol. The van der Waals surface area contributed by atoms with Crippen molar-refractivity contribution >= 4 is 11.8 Å². The van der Waals surface area contributed by atoms with Crippen LogP contribution in [0, 0.1) is 5.92 Å². The van der Waals surface area contributed by atoms with Gasteiger partial charge in [0.05, 0.1) is 12.5 Å². The number of hydrogen-bond donors (Lipinski definition) is 2. The molecule has 2 rings (SSSR count). The second-order valence-electron chi connectivity index (χ2n) is 6.84. The summed E-state index contributed by atoms with van der Waals surface area (Å²) in [7, 11) is 0. The first kappa shape index (κ1) is 18.5. The standard InChI is InChI=1S/C19H28N2O3/c1-14(2)17(22)13-18(23)20-16-10-12-21(19(16)24)11-6-9-15-7-4-3-5-8-15/h3-5,7-8,14,16-17,22H,6,9-13H2,1-2H3,(H,20,23). The van der Waals surface area contributed by atoms with E-state index in [0.29, 0.717) is 19.5 Å². The number of nitrogens with zero attached hydrogens (tertiary/aromatic N) is 1. The van der Waals surface area contributed by atoms with E-state index in [2.05, 4.69) is 17.4 Å². The Balaban J connectivity index is 1.73. The molecular weight excluding hydrogens is 304 g/mol. The average Bonchev–Trinajstić information content (AvgIpc) is 2.89. The Morgan fingerprint density at radius 2 is 2.04 bits per heavy atom. The van der Waals surface area contributed by atoms with Crippen LogP contribution in [-0.2, 0) is 16.0 Å². The second-order valence-corrected chi connectivity index (χ2v) is 6.84. The van der Waals surface area contributed by atoms with E-state index in [1.807, 2.05) is 36.9 Å². The molecule has 1 aliphatic rings. The SMILES string of the molecule is CC(C)C(O)CC(=O)NC1CCN(CCCc2ccccc2)C1=O. The molecule has 0 bridgehead atoms. The lowest BCUT2D eigenvalue weighted by atomic mass is 10.0. The lowest BCUT2D eigenvalue weighted by Gasteiger charge is -2.18. The van der Waals surface area contributed by atoms with Gasteiger partial charge in [0.2, 0.25) is 11.8 Å². The summed E-state index contributed by atoms with van der Waals surface area (Å²) in [6.45, 7) is 5.14. The Morgan fingerprint density at radius 1 is 1.33 bits per heavy atom. The van der Waals surface area contributed by atoms with Gasteiger partial charge in [-0.2, -0.15) is 0 Å². The number of nitrogens with one attached hydrogen (secondary N) is 1. The minimum atomic E-state index is -0.663. The van der Waals surface area contributed by atoms with Crippen molar-refractivity contribution in [3.8, 4) is 0 Å². The Kier molecular flexibility index (Phi) is 6.79. The highest BCUT2D eigenvalue weighted by Crippen LogP contribution is 2.14. The number of carbonyl (C=O) groups is 2. The number of hydrogen-bond acceptors (Lipinski definition) is 3. The molecule has 1 aliphatic heterocycles. The molecule has 1 heterocycles. The Labute approximate surface area is 144 Å². The van der Waals surface area contributed by atoms with Gasteiger partial charge in [0.25, 0.3) is 0 Å². The molecule has 0 aliphatic carbocycles. The van der Waals surface area contributed by atoms with Crippen LogP contribution < -0.4 is 5.32 Å². The molecule has 5 nitrogen and oxygen atoms in total. The van der Waals surface area contributed by atoms with Crippen molar-refractivity contribution in [2.45, 2.75) is 51.7 Å². The molecule has 5 heteroatoms. The fourth-order valence-corrected chi connectivity index (χ4v) is 2.89. The molecule has 2 unspecified atom stereocenters. The minimum Gasteiger partial charge on any atom is -0.392 e. The van der Waals surface area contributed by atoms with Crippen LogP contribution in [0.15, 0.2) is 30.3 Å². The van der Waals surface area contributed by atoms with Crippen molar-refractivity contribution in [2.24, 2.45) is 5.92 Å². The van der Waals surface area contributed by atoms with E-state index in [9.17, 15) is 14.7 Å². The minimum absolute atomic E-state index is 0.00421. The Bertz CT molecular complexity index is 545. The number of aliphatic hydroxyl groups excluding tert-OH is 1. The third-order valence-corrected chi connectivity index (χ3v) is 4.53. The fourth-order valence-electron chi connectivity index (χ4n) is 2.89. The van der Waals surface area contributed by atoms with Crippen LogP contribution in [0.5, 0.6) is 0 Å². The summed E-state index contributed by atoms with van der Waals surface area (Å²) < 4.78 is 0. The number of likely N-dealkylation sites (tertiary alicyclic amines) is 1. The monoisotopic (exact) mass is 332 g/mol. The quantitative estimate of drug-likeness (QED) is 0.762. The van der Waals surface area contributed by atoms with Crippen LogP contribution in [0.3, 0.4) is 0 Å². The highest BCUT2D eigenvalue weighted by Gasteiger charge is 2.32. The normalized spacial score (nSPS) is 18.9. The molecule has 1 fully saturated rings. The van der Waals surface area contributed by atoms with Crippen LogP contribution in [0.25, 0.3) is 0 Å². The molecule has 0 aromatic heterocycles. The molecule has 1 saturated heterocycles. The largest absolute Gasteiger partial charge is 0.392 e. The molecule has 1 aromatic rings. The fraction of sp³-hybridized carbons (Fsp3) is 0.579. The summed E-state index contributed by atoms with van der Waals surface area (Å²) in [5.74, 6) is -0.222. The lowest BCUT2D eigenvalue weighted by molar-refractivity contribution is -0.133. The first-order valence-corrected chi connectivity index (χ1v) is 8.77. The molecule has 0 radical (unpaired) electrons. The molecular formula is C19H28N2O3. The highest BCUT2D eigenvalue weighted by molar-refractivity contribution is 5.89. The smallest absolute Gasteiger partial charge is 0.245 e. The molecule has 132 valence electrons. The van der Waals surface area contributed by atoms with Gasteiger partial charge in [-0.1, -0.05) is 44.2 Å². The van der Waals surface area contributed by atoms with Crippen molar-refractivity contribution in [3.05, 3.63) is 35.9 Å². The number of amides is 2. The summed E-state index contributed by atoms with van der Waals surface area (Å²) in [5, 5.41) is 12.5. The van der Waals surface area contributed by atoms with Gasteiger partial charge in [-0.3, -0.25) is 9.59 Å². The molecule has 1 aromatic carbocycles. The van der Waals surface area contributed by atoms with E-state index >= 15 is 0 Å². The maximum absolute atomic E-state index is 12.4. The zero-order chi connectivity index (χ0) is 17.5. The summed E-state index contributed by atoms with van der Waals surface area (Å²) in [6, 6.07) is 9.79. The zero-order valence-electron chi connectivity index (χ0n) is 14.6. The van der Waals surface area contributed by atoms with Crippen molar-refractivity contribution in [1.82, 2.24) is 10.2 Å². The van der Waals surface area contributed by atoms with Crippen molar-refractivity contribution < 1.29 is 14.7 Å². The topological polar surface area (TPSA) is 69.6 Å². The van der Waals surface area contributed by atoms with E-state index < -0.39 is 12.1 Å². The van der Waals surface area contributed by atoms with Crippen molar-refractivity contribution in [1.29, 1.82) is 0 Å². The zero-order valence-corrected chi connectivity index (χ0v) is 14.6. The molecule has 2 atom stereocenters. The third kappa shape index (κ3) is 5.34. The van der Waals surface area contributed by atoms with Gasteiger partial charge in [0.1, 0.15) is 6.04 Å². The van der Waals surface area contributed by atoms with Gasteiger partial charge in [0.15, 0.2) is 0 Å². The molecule has 2 N–H and O–H groups in total. The first-order valence-electron chi connectivity index (χ1n) is 8.77. The van der Waals surface area contributed by atoms with Gasteiger partial charge in [-0.15, -0.1) is 0 Å².